The van der Waals surface area contributed by atoms with Gasteiger partial charge in [0.2, 0.25) is 5.91 Å². The quantitative estimate of drug-likeness (QED) is 0.239. The summed E-state index contributed by atoms with van der Waals surface area (Å²) in [7, 11) is 0. The van der Waals surface area contributed by atoms with E-state index in [1.165, 1.54) is 5.56 Å². The van der Waals surface area contributed by atoms with Crippen molar-refractivity contribution in [2.24, 2.45) is 23.3 Å². The van der Waals surface area contributed by atoms with Crippen molar-refractivity contribution >= 4 is 29.3 Å². The molecule has 0 spiro atoms. The Hall–Kier alpha value is -1.94. The number of amides is 1. The highest BCUT2D eigenvalue weighted by molar-refractivity contribution is 6.22. The van der Waals surface area contributed by atoms with Crippen LogP contribution in [0.5, 0.6) is 0 Å². The standard InChI is InChI=1S/C25H40ClN5O4/c1-15(14-27)11-20(26)22(28)24(32)31-21(25(33)34)8-10-35-19-12-16(13-19)4-6-18-7-5-17-3-2-9-29-23(17)30-18/h5,7,15-16,19-22H,2-4,6,8-14,27-28H2,1H3,(H,29,30)(H,31,32)(H,33,34)/t15?,16?,19?,20?,21-,22-/m0/s1. The number of nitrogens with two attached hydrogens (primary N) is 2. The topological polar surface area (TPSA) is 153 Å². The van der Waals surface area contributed by atoms with Crippen LogP contribution in [0.1, 0.15) is 56.7 Å². The van der Waals surface area contributed by atoms with E-state index in [0.29, 0.717) is 18.9 Å². The summed E-state index contributed by atoms with van der Waals surface area (Å²) in [5, 5.41) is 14.8. The van der Waals surface area contributed by atoms with Crippen LogP contribution in [-0.4, -0.2) is 65.2 Å². The lowest BCUT2D eigenvalue weighted by atomic mass is 9.79. The number of aromatic nitrogens is 1. The van der Waals surface area contributed by atoms with Gasteiger partial charge in [-0.2, -0.15) is 0 Å². The van der Waals surface area contributed by atoms with E-state index in [1.807, 2.05) is 6.92 Å². The van der Waals surface area contributed by atoms with Gasteiger partial charge < -0.3 is 31.9 Å². The summed E-state index contributed by atoms with van der Waals surface area (Å²) < 4.78 is 5.86. The van der Waals surface area contributed by atoms with Gasteiger partial charge in [-0.05, 0) is 75.0 Å². The molecule has 1 aromatic rings. The number of ether oxygens (including phenoxy) is 1. The molecule has 3 rings (SSSR count). The minimum absolute atomic E-state index is 0.123. The molecule has 9 nitrogen and oxygen atoms in total. The number of aryl methyl sites for hydroxylation is 2. The van der Waals surface area contributed by atoms with E-state index in [1.54, 1.807) is 0 Å². The predicted octanol–water partition coefficient (Wildman–Crippen LogP) is 2.05. The lowest BCUT2D eigenvalue weighted by Gasteiger charge is -2.35. The lowest BCUT2D eigenvalue weighted by Crippen LogP contribution is -2.52. The fourth-order valence-electron chi connectivity index (χ4n) is 4.58. The van der Waals surface area contributed by atoms with Crippen LogP contribution in [0.4, 0.5) is 5.82 Å². The summed E-state index contributed by atoms with van der Waals surface area (Å²) in [6.45, 7) is 3.61. The maximum atomic E-state index is 12.4. The van der Waals surface area contributed by atoms with Crippen molar-refractivity contribution in [3.8, 4) is 0 Å². The number of nitrogens with zero attached hydrogens (tertiary/aromatic N) is 1. The Bertz CT molecular complexity index is 851. The third kappa shape index (κ3) is 8.31. The first-order valence-corrected chi connectivity index (χ1v) is 13.2. The Kier molecular flexibility index (Phi) is 10.6. The van der Waals surface area contributed by atoms with Crippen LogP contribution in [-0.2, 0) is 27.2 Å². The molecule has 2 heterocycles. The van der Waals surface area contributed by atoms with Crippen molar-refractivity contribution in [2.45, 2.75) is 81.9 Å². The lowest BCUT2D eigenvalue weighted by molar-refractivity contribution is -0.143. The van der Waals surface area contributed by atoms with Gasteiger partial charge in [0.15, 0.2) is 0 Å². The molecule has 2 aliphatic rings. The zero-order valence-corrected chi connectivity index (χ0v) is 21.3. The minimum Gasteiger partial charge on any atom is -0.480 e. The van der Waals surface area contributed by atoms with E-state index in [9.17, 15) is 14.7 Å². The van der Waals surface area contributed by atoms with Crippen LogP contribution in [0, 0.1) is 11.8 Å². The predicted molar refractivity (Wildman–Crippen MR) is 136 cm³/mol. The number of alkyl halides is 1. The second-order valence-electron chi connectivity index (χ2n) is 10.0. The van der Waals surface area contributed by atoms with Crippen LogP contribution in [0.15, 0.2) is 12.1 Å². The molecule has 0 bridgehead atoms. The number of rotatable bonds is 14. The van der Waals surface area contributed by atoms with Crippen molar-refractivity contribution in [2.75, 3.05) is 25.0 Å². The van der Waals surface area contributed by atoms with Gasteiger partial charge in [0.25, 0.3) is 0 Å². The van der Waals surface area contributed by atoms with Gasteiger partial charge in [-0.15, -0.1) is 11.6 Å². The van der Waals surface area contributed by atoms with E-state index >= 15 is 0 Å². The zero-order valence-electron chi connectivity index (χ0n) is 20.5. The average Bonchev–Trinajstić information content (AvgIpc) is 2.82. The van der Waals surface area contributed by atoms with E-state index in [0.717, 1.165) is 56.6 Å². The number of halogens is 1. The summed E-state index contributed by atoms with van der Waals surface area (Å²) in [4.78, 5) is 28.7. The van der Waals surface area contributed by atoms with Gasteiger partial charge in [-0.25, -0.2) is 9.78 Å². The first kappa shape index (κ1) is 27.6. The van der Waals surface area contributed by atoms with Crippen molar-refractivity contribution in [3.05, 3.63) is 23.4 Å². The highest BCUT2D eigenvalue weighted by Crippen LogP contribution is 2.34. The van der Waals surface area contributed by atoms with Gasteiger partial charge in [0.1, 0.15) is 17.9 Å². The first-order valence-electron chi connectivity index (χ1n) is 12.7. The number of carboxylic acids is 1. The van der Waals surface area contributed by atoms with Crippen LogP contribution in [0.2, 0.25) is 0 Å². The molecule has 35 heavy (non-hydrogen) atoms. The normalized spacial score (nSPS) is 22.6. The second-order valence-corrected chi connectivity index (χ2v) is 10.6. The molecule has 1 aromatic heterocycles. The Balaban J connectivity index is 1.32. The number of carbonyl (C=O) groups is 2. The van der Waals surface area contributed by atoms with Crippen molar-refractivity contribution in [1.29, 1.82) is 0 Å². The fourth-order valence-corrected chi connectivity index (χ4v) is 4.99. The summed E-state index contributed by atoms with van der Waals surface area (Å²) >= 11 is 6.22. The monoisotopic (exact) mass is 509 g/mol. The SMILES string of the molecule is CC(CN)CC(Cl)[C@H](N)C(=O)N[C@@H](CCOC1CC(CCc2ccc3c(n2)NCCC3)C1)C(=O)O. The van der Waals surface area contributed by atoms with E-state index in [-0.39, 0.29) is 25.0 Å². The maximum absolute atomic E-state index is 12.4. The van der Waals surface area contributed by atoms with Gasteiger partial charge in [0.05, 0.1) is 11.5 Å². The number of nitrogens with one attached hydrogen (secondary N) is 2. The van der Waals surface area contributed by atoms with E-state index < -0.39 is 29.3 Å². The molecule has 1 aliphatic carbocycles. The number of hydrogen-bond donors (Lipinski definition) is 5. The Morgan fingerprint density at radius 1 is 1.37 bits per heavy atom. The molecule has 1 amide bonds. The third-order valence-electron chi connectivity index (χ3n) is 7.05. The Morgan fingerprint density at radius 3 is 2.86 bits per heavy atom. The van der Waals surface area contributed by atoms with Gasteiger partial charge in [0, 0.05) is 25.3 Å². The molecule has 7 N–H and O–H groups in total. The van der Waals surface area contributed by atoms with Crippen molar-refractivity contribution < 1.29 is 19.4 Å². The number of aliphatic carboxylic acids is 1. The molecule has 1 aliphatic heterocycles. The van der Waals surface area contributed by atoms with Crippen molar-refractivity contribution in [1.82, 2.24) is 10.3 Å². The molecular weight excluding hydrogens is 470 g/mol. The molecule has 10 heteroatoms. The summed E-state index contributed by atoms with van der Waals surface area (Å²) in [6, 6.07) is 2.26. The highest BCUT2D eigenvalue weighted by Gasteiger charge is 2.31. The first-order chi connectivity index (χ1) is 16.8. The van der Waals surface area contributed by atoms with Crippen LogP contribution in [0.25, 0.3) is 0 Å². The van der Waals surface area contributed by atoms with Gasteiger partial charge >= 0.3 is 5.97 Å². The van der Waals surface area contributed by atoms with E-state index in [2.05, 4.69) is 22.8 Å². The number of carbonyl (C=O) groups excluding carboxylic acids is 1. The number of fused-ring (bicyclic) bond motifs is 1. The molecule has 4 atom stereocenters. The molecule has 196 valence electrons. The van der Waals surface area contributed by atoms with Gasteiger partial charge in [-0.1, -0.05) is 13.0 Å². The summed E-state index contributed by atoms with van der Waals surface area (Å²) in [6.07, 6.45) is 6.99. The number of anilines is 1. The number of pyridine rings is 1. The number of hydrogen-bond acceptors (Lipinski definition) is 7. The van der Waals surface area contributed by atoms with E-state index in [4.69, 9.17) is 32.8 Å². The van der Waals surface area contributed by atoms with Gasteiger partial charge in [-0.3, -0.25) is 4.79 Å². The van der Waals surface area contributed by atoms with Crippen LogP contribution in [0.3, 0.4) is 0 Å². The third-order valence-corrected chi connectivity index (χ3v) is 7.50. The largest absolute Gasteiger partial charge is 0.480 e. The highest BCUT2D eigenvalue weighted by atomic mass is 35.5. The van der Waals surface area contributed by atoms with Crippen molar-refractivity contribution in [3.63, 3.8) is 0 Å². The molecule has 2 unspecified atom stereocenters. The summed E-state index contributed by atoms with van der Waals surface area (Å²) in [5.41, 5.74) is 13.9. The smallest absolute Gasteiger partial charge is 0.326 e. The number of carboxylic acid groups (broad SMARTS) is 1. The maximum Gasteiger partial charge on any atom is 0.326 e. The Morgan fingerprint density at radius 2 is 2.14 bits per heavy atom. The summed E-state index contributed by atoms with van der Waals surface area (Å²) in [5.74, 6) is 0.0645. The average molecular weight is 510 g/mol. The van der Waals surface area contributed by atoms with Crippen LogP contribution < -0.4 is 22.1 Å². The molecule has 1 saturated carbocycles. The molecule has 0 radical (unpaired) electrons. The minimum atomic E-state index is -1.12. The Labute approximate surface area is 212 Å². The molecule has 1 fully saturated rings. The zero-order chi connectivity index (χ0) is 25.4. The molecule has 0 aromatic carbocycles. The van der Waals surface area contributed by atoms with Crippen LogP contribution >= 0.6 is 11.6 Å². The molecular formula is C25H40ClN5O4. The second kappa shape index (κ2) is 13.4. The molecule has 0 saturated heterocycles. The fraction of sp³-hybridized carbons (Fsp3) is 0.720.